The van der Waals surface area contributed by atoms with E-state index >= 15 is 0 Å². The summed E-state index contributed by atoms with van der Waals surface area (Å²) in [4.78, 5) is 13.0. The third kappa shape index (κ3) is 5.44. The Balaban J connectivity index is 2.22. The van der Waals surface area contributed by atoms with Crippen LogP contribution in [0.15, 0.2) is 0 Å². The van der Waals surface area contributed by atoms with Gasteiger partial charge in [-0.3, -0.25) is 9.69 Å². The number of hydrogen-bond acceptors (Lipinski definition) is 3. The Kier molecular flexibility index (Phi) is 5.20. The number of esters is 1. The Hall–Kier alpha value is -1.01. The van der Waals surface area contributed by atoms with Gasteiger partial charge in [0, 0.05) is 6.92 Å². The van der Waals surface area contributed by atoms with E-state index in [0.717, 1.165) is 19.6 Å². The lowest BCUT2D eigenvalue weighted by atomic mass is 10.1. The Bertz CT molecular complexity index is 259. The van der Waals surface area contributed by atoms with Crippen molar-refractivity contribution >= 4 is 5.97 Å². The van der Waals surface area contributed by atoms with Crippen molar-refractivity contribution in [2.75, 3.05) is 19.6 Å². The summed E-state index contributed by atoms with van der Waals surface area (Å²) in [5.74, 6) is 5.72. The molecule has 3 heteroatoms. The maximum atomic E-state index is 10.6. The summed E-state index contributed by atoms with van der Waals surface area (Å²) in [5.41, 5.74) is 0. The smallest absolute Gasteiger partial charge is 0.303 e. The van der Waals surface area contributed by atoms with E-state index in [2.05, 4.69) is 16.7 Å². The summed E-state index contributed by atoms with van der Waals surface area (Å²) in [7, 11) is 0. The van der Waals surface area contributed by atoms with Crippen molar-refractivity contribution in [2.45, 2.75) is 39.2 Å². The van der Waals surface area contributed by atoms with Crippen LogP contribution in [0.4, 0.5) is 0 Å². The first-order chi connectivity index (χ1) is 7.18. The lowest BCUT2D eigenvalue weighted by Gasteiger charge is -2.23. The van der Waals surface area contributed by atoms with Gasteiger partial charge in [0.2, 0.25) is 0 Å². The van der Waals surface area contributed by atoms with E-state index in [-0.39, 0.29) is 12.1 Å². The van der Waals surface area contributed by atoms with E-state index in [9.17, 15) is 4.79 Å². The summed E-state index contributed by atoms with van der Waals surface area (Å²) in [6, 6.07) is 0. The number of likely N-dealkylation sites (tertiary alicyclic amines) is 1. The van der Waals surface area contributed by atoms with E-state index in [1.165, 1.54) is 26.2 Å². The zero-order valence-electron chi connectivity index (χ0n) is 9.58. The largest absolute Gasteiger partial charge is 0.450 e. The van der Waals surface area contributed by atoms with Crippen LogP contribution >= 0.6 is 0 Å². The van der Waals surface area contributed by atoms with E-state index < -0.39 is 0 Å². The monoisotopic (exact) mass is 209 g/mol. The first-order valence-electron chi connectivity index (χ1n) is 5.56. The maximum absolute atomic E-state index is 10.6. The Morgan fingerprint density at radius 3 is 2.67 bits per heavy atom. The number of nitrogens with zero attached hydrogens (tertiary/aromatic N) is 1. The number of carbonyl (C=O) groups excluding carboxylic acids is 1. The molecular formula is C12H19NO2. The maximum Gasteiger partial charge on any atom is 0.303 e. The number of ether oxygens (including phenoxy) is 1. The molecule has 0 aliphatic carbocycles. The summed E-state index contributed by atoms with van der Waals surface area (Å²) in [6.07, 6.45) is 3.61. The fourth-order valence-corrected chi connectivity index (χ4v) is 1.70. The van der Waals surface area contributed by atoms with Crippen LogP contribution in [0.1, 0.15) is 33.1 Å². The van der Waals surface area contributed by atoms with Gasteiger partial charge in [0.25, 0.3) is 0 Å². The molecule has 15 heavy (non-hydrogen) atoms. The van der Waals surface area contributed by atoms with Gasteiger partial charge in [-0.2, -0.15) is 0 Å². The van der Waals surface area contributed by atoms with Gasteiger partial charge in [-0.05, 0) is 32.9 Å². The van der Waals surface area contributed by atoms with Crippen molar-refractivity contribution in [1.29, 1.82) is 0 Å². The molecule has 1 aliphatic rings. The highest BCUT2D eigenvalue weighted by Gasteiger charge is 2.07. The van der Waals surface area contributed by atoms with Crippen molar-refractivity contribution in [3.8, 4) is 11.8 Å². The van der Waals surface area contributed by atoms with E-state index in [1.54, 1.807) is 6.92 Å². The van der Waals surface area contributed by atoms with E-state index in [4.69, 9.17) is 4.74 Å². The first-order valence-corrected chi connectivity index (χ1v) is 5.56. The molecule has 0 bridgehead atoms. The quantitative estimate of drug-likeness (QED) is 0.509. The number of rotatable bonds is 2. The predicted octanol–water partition coefficient (Wildman–Crippen LogP) is 1.43. The molecule has 0 radical (unpaired) electrons. The van der Waals surface area contributed by atoms with Crippen LogP contribution in [0.3, 0.4) is 0 Å². The van der Waals surface area contributed by atoms with Gasteiger partial charge in [0.1, 0.15) is 0 Å². The standard InChI is InChI=1S/C12H19NO2/c1-11(15-12(2)14)7-6-10-13-8-4-3-5-9-13/h11H,3-5,8-10H2,1-2H3/t11-/m1/s1. The highest BCUT2D eigenvalue weighted by molar-refractivity contribution is 5.66. The highest BCUT2D eigenvalue weighted by atomic mass is 16.5. The molecule has 0 aromatic carbocycles. The first kappa shape index (κ1) is 12.1. The molecule has 0 spiro atoms. The fraction of sp³-hybridized carbons (Fsp3) is 0.750. The van der Waals surface area contributed by atoms with Gasteiger partial charge < -0.3 is 4.74 Å². The van der Waals surface area contributed by atoms with Crippen molar-refractivity contribution in [3.05, 3.63) is 0 Å². The SMILES string of the molecule is CC(=O)O[C@H](C)C#CCN1CCCCC1. The third-order valence-corrected chi connectivity index (χ3v) is 2.40. The number of hydrogen-bond donors (Lipinski definition) is 0. The summed E-state index contributed by atoms with van der Waals surface area (Å²) in [6.45, 7) is 6.30. The van der Waals surface area contributed by atoms with Gasteiger partial charge >= 0.3 is 5.97 Å². The molecule has 0 N–H and O–H groups in total. The molecule has 84 valence electrons. The average molecular weight is 209 g/mol. The van der Waals surface area contributed by atoms with Crippen LogP contribution < -0.4 is 0 Å². The Morgan fingerprint density at radius 1 is 1.40 bits per heavy atom. The number of piperidine rings is 1. The molecule has 0 aromatic rings. The van der Waals surface area contributed by atoms with Crippen LogP contribution in [0.2, 0.25) is 0 Å². The van der Waals surface area contributed by atoms with Crippen LogP contribution in [-0.4, -0.2) is 36.6 Å². The number of carbonyl (C=O) groups is 1. The second-order valence-corrected chi connectivity index (χ2v) is 3.91. The van der Waals surface area contributed by atoms with Gasteiger partial charge in [0.15, 0.2) is 6.10 Å². The van der Waals surface area contributed by atoms with Crippen LogP contribution in [0.25, 0.3) is 0 Å². The molecule has 1 aliphatic heterocycles. The third-order valence-electron chi connectivity index (χ3n) is 2.40. The minimum atomic E-state index is -0.285. The molecule has 1 fully saturated rings. The van der Waals surface area contributed by atoms with E-state index in [1.807, 2.05) is 0 Å². The second-order valence-electron chi connectivity index (χ2n) is 3.91. The Morgan fingerprint density at radius 2 is 2.07 bits per heavy atom. The zero-order chi connectivity index (χ0) is 11.1. The lowest BCUT2D eigenvalue weighted by Crippen LogP contribution is -2.30. The normalized spacial score (nSPS) is 18.8. The molecule has 1 atom stereocenters. The summed E-state index contributed by atoms with van der Waals surface area (Å²) >= 11 is 0. The molecule has 1 rings (SSSR count). The molecular weight excluding hydrogens is 190 g/mol. The van der Waals surface area contributed by atoms with Crippen LogP contribution in [-0.2, 0) is 9.53 Å². The molecule has 0 unspecified atom stereocenters. The molecule has 1 saturated heterocycles. The van der Waals surface area contributed by atoms with Crippen LogP contribution in [0.5, 0.6) is 0 Å². The van der Waals surface area contributed by atoms with Gasteiger partial charge in [-0.1, -0.05) is 18.3 Å². The minimum Gasteiger partial charge on any atom is -0.450 e. The van der Waals surface area contributed by atoms with Gasteiger partial charge in [-0.15, -0.1) is 0 Å². The van der Waals surface area contributed by atoms with Gasteiger partial charge in [0.05, 0.1) is 6.54 Å². The van der Waals surface area contributed by atoms with E-state index in [0.29, 0.717) is 0 Å². The van der Waals surface area contributed by atoms with Gasteiger partial charge in [-0.25, -0.2) is 0 Å². The predicted molar refractivity (Wildman–Crippen MR) is 59.3 cm³/mol. The average Bonchev–Trinajstić information content (AvgIpc) is 2.18. The topological polar surface area (TPSA) is 29.5 Å². The molecule has 0 saturated carbocycles. The van der Waals surface area contributed by atoms with Crippen molar-refractivity contribution in [2.24, 2.45) is 0 Å². The van der Waals surface area contributed by atoms with Crippen LogP contribution in [0, 0.1) is 11.8 Å². The minimum absolute atomic E-state index is 0.269. The lowest BCUT2D eigenvalue weighted by molar-refractivity contribution is -0.143. The second kappa shape index (κ2) is 6.47. The molecule has 1 heterocycles. The highest BCUT2D eigenvalue weighted by Crippen LogP contribution is 2.07. The molecule has 3 nitrogen and oxygen atoms in total. The van der Waals surface area contributed by atoms with Crippen molar-refractivity contribution in [1.82, 2.24) is 4.90 Å². The molecule has 0 amide bonds. The van der Waals surface area contributed by atoms with Crippen molar-refractivity contribution in [3.63, 3.8) is 0 Å². The molecule has 0 aromatic heterocycles. The fourth-order valence-electron chi connectivity index (χ4n) is 1.70. The summed E-state index contributed by atoms with van der Waals surface area (Å²) in [5, 5.41) is 0. The van der Waals surface area contributed by atoms with Crippen molar-refractivity contribution < 1.29 is 9.53 Å². The zero-order valence-corrected chi connectivity index (χ0v) is 9.58. The summed E-state index contributed by atoms with van der Waals surface area (Å²) < 4.78 is 4.91. The Labute approximate surface area is 91.8 Å².